The maximum atomic E-state index is 13.5. The first-order valence-electron chi connectivity index (χ1n) is 10.4. The molecule has 5 heteroatoms. The minimum Gasteiger partial charge on any atom is -0.490 e. The van der Waals surface area contributed by atoms with Gasteiger partial charge in [0.05, 0.1) is 24.7 Å². The first-order chi connectivity index (χ1) is 14.1. The Balaban J connectivity index is 1.82. The minimum absolute atomic E-state index is 0.0475. The second kappa shape index (κ2) is 9.79. The Bertz CT molecular complexity index is 800. The van der Waals surface area contributed by atoms with Crippen LogP contribution >= 0.6 is 0 Å². The average molecular weight is 398 g/mol. The van der Waals surface area contributed by atoms with E-state index >= 15 is 0 Å². The molecule has 1 amide bonds. The van der Waals surface area contributed by atoms with Crippen molar-refractivity contribution in [2.75, 3.05) is 26.4 Å². The first-order valence-corrected chi connectivity index (χ1v) is 10.4. The number of carbonyl (C=O) groups excluding carboxylic acids is 1. The Morgan fingerprint density at radius 1 is 1.03 bits per heavy atom. The van der Waals surface area contributed by atoms with E-state index in [1.165, 1.54) is 0 Å². The molecule has 0 unspecified atom stereocenters. The van der Waals surface area contributed by atoms with Gasteiger partial charge in [0.2, 0.25) is 5.91 Å². The van der Waals surface area contributed by atoms with Crippen LogP contribution in [0, 0.1) is 0 Å². The Kier molecular flexibility index (Phi) is 7.15. The fourth-order valence-electron chi connectivity index (χ4n) is 3.88. The second-order valence-electron chi connectivity index (χ2n) is 7.33. The molecule has 1 aliphatic heterocycles. The molecule has 1 heterocycles. The van der Waals surface area contributed by atoms with E-state index in [-0.39, 0.29) is 11.9 Å². The van der Waals surface area contributed by atoms with Gasteiger partial charge in [-0.1, -0.05) is 36.4 Å². The van der Waals surface area contributed by atoms with Crippen molar-refractivity contribution in [3.63, 3.8) is 0 Å². The Labute approximate surface area is 173 Å². The van der Waals surface area contributed by atoms with Gasteiger partial charge in [-0.2, -0.15) is 0 Å². The number of ether oxygens (including phenoxy) is 3. The van der Waals surface area contributed by atoms with Crippen LogP contribution in [0.4, 0.5) is 0 Å². The van der Waals surface area contributed by atoms with Gasteiger partial charge in [-0.3, -0.25) is 4.79 Å². The minimum atomic E-state index is -0.554. The predicted octanol–water partition coefficient (Wildman–Crippen LogP) is 4.41. The van der Waals surface area contributed by atoms with Gasteiger partial charge in [0.25, 0.3) is 0 Å². The highest BCUT2D eigenvalue weighted by Crippen LogP contribution is 2.36. The van der Waals surface area contributed by atoms with Gasteiger partial charge in [0.1, 0.15) is 0 Å². The summed E-state index contributed by atoms with van der Waals surface area (Å²) in [6, 6.07) is 15.7. The molecule has 3 rings (SSSR count). The Morgan fingerprint density at radius 2 is 1.69 bits per heavy atom. The first kappa shape index (κ1) is 21.2. The molecule has 29 heavy (non-hydrogen) atoms. The van der Waals surface area contributed by atoms with Gasteiger partial charge < -0.3 is 19.5 Å². The van der Waals surface area contributed by atoms with Crippen molar-refractivity contribution >= 4 is 5.91 Å². The third-order valence-electron chi connectivity index (χ3n) is 5.52. The van der Waals surface area contributed by atoms with E-state index < -0.39 is 5.41 Å². The lowest BCUT2D eigenvalue weighted by molar-refractivity contribution is -0.131. The summed E-state index contributed by atoms with van der Waals surface area (Å²) >= 11 is 0. The molecule has 0 aliphatic carbocycles. The second-order valence-corrected chi connectivity index (χ2v) is 7.33. The Morgan fingerprint density at radius 3 is 2.34 bits per heavy atom. The number of benzene rings is 2. The van der Waals surface area contributed by atoms with Crippen molar-refractivity contribution in [3.05, 3.63) is 59.7 Å². The van der Waals surface area contributed by atoms with Gasteiger partial charge in [0, 0.05) is 13.2 Å². The van der Waals surface area contributed by atoms with E-state index in [4.69, 9.17) is 14.2 Å². The predicted molar refractivity (Wildman–Crippen MR) is 114 cm³/mol. The average Bonchev–Trinajstić information content (AvgIpc) is 2.76. The standard InChI is InChI=1S/C24H31NO4/c1-4-28-21-12-11-19(17-22(21)29-5-2)18(3)25-23(26)24(13-15-27-16-14-24)20-9-7-6-8-10-20/h6-12,17-18H,4-5,13-16H2,1-3H3,(H,25,26)/t18-/m1/s1. The Hall–Kier alpha value is -2.53. The number of carbonyl (C=O) groups is 1. The SMILES string of the molecule is CCOc1ccc([C@@H](C)NC(=O)C2(c3ccccc3)CCOCC2)cc1OCC. The number of rotatable bonds is 8. The molecule has 2 aromatic carbocycles. The van der Waals surface area contributed by atoms with Crippen LogP contribution in [0.3, 0.4) is 0 Å². The van der Waals surface area contributed by atoms with Crippen LogP contribution in [0.2, 0.25) is 0 Å². The largest absolute Gasteiger partial charge is 0.490 e. The number of amides is 1. The quantitative estimate of drug-likeness (QED) is 0.717. The highest BCUT2D eigenvalue weighted by atomic mass is 16.5. The molecule has 1 N–H and O–H groups in total. The normalized spacial score (nSPS) is 16.7. The molecule has 1 aliphatic rings. The zero-order valence-electron chi connectivity index (χ0n) is 17.6. The molecular weight excluding hydrogens is 366 g/mol. The summed E-state index contributed by atoms with van der Waals surface area (Å²) in [5.41, 5.74) is 1.48. The van der Waals surface area contributed by atoms with E-state index in [2.05, 4.69) is 5.32 Å². The summed E-state index contributed by atoms with van der Waals surface area (Å²) in [4.78, 5) is 13.5. The zero-order chi connectivity index (χ0) is 20.7. The summed E-state index contributed by atoms with van der Waals surface area (Å²) in [6.45, 7) is 8.21. The molecule has 2 aromatic rings. The van der Waals surface area contributed by atoms with Crippen LogP contribution in [0.25, 0.3) is 0 Å². The highest BCUT2D eigenvalue weighted by Gasteiger charge is 2.42. The molecule has 0 aromatic heterocycles. The number of hydrogen-bond acceptors (Lipinski definition) is 4. The van der Waals surface area contributed by atoms with Crippen LogP contribution in [0.15, 0.2) is 48.5 Å². The molecule has 0 radical (unpaired) electrons. The van der Waals surface area contributed by atoms with Gasteiger partial charge in [-0.25, -0.2) is 0 Å². The summed E-state index contributed by atoms with van der Waals surface area (Å²) in [6.07, 6.45) is 1.37. The van der Waals surface area contributed by atoms with Gasteiger partial charge >= 0.3 is 0 Å². The molecule has 156 valence electrons. The molecular formula is C24H31NO4. The maximum Gasteiger partial charge on any atom is 0.231 e. The van der Waals surface area contributed by atoms with E-state index in [0.29, 0.717) is 45.0 Å². The van der Waals surface area contributed by atoms with Crippen molar-refractivity contribution < 1.29 is 19.0 Å². The van der Waals surface area contributed by atoms with E-state index in [0.717, 1.165) is 16.9 Å². The summed E-state index contributed by atoms with van der Waals surface area (Å²) in [5, 5.41) is 3.24. The summed E-state index contributed by atoms with van der Waals surface area (Å²) in [7, 11) is 0. The van der Waals surface area contributed by atoms with Crippen molar-refractivity contribution in [1.29, 1.82) is 0 Å². The molecule has 1 fully saturated rings. The fraction of sp³-hybridized carbons (Fsp3) is 0.458. The molecule has 5 nitrogen and oxygen atoms in total. The van der Waals surface area contributed by atoms with Crippen molar-refractivity contribution in [1.82, 2.24) is 5.32 Å². The lowest BCUT2D eigenvalue weighted by Crippen LogP contribution is -2.48. The third-order valence-corrected chi connectivity index (χ3v) is 5.52. The molecule has 1 saturated heterocycles. The lowest BCUT2D eigenvalue weighted by atomic mass is 9.73. The van der Waals surface area contributed by atoms with Crippen LogP contribution in [0.5, 0.6) is 11.5 Å². The molecule has 0 saturated carbocycles. The summed E-state index contributed by atoms with van der Waals surface area (Å²) in [5.74, 6) is 1.48. The van der Waals surface area contributed by atoms with E-state index in [1.54, 1.807) is 0 Å². The molecule has 0 bridgehead atoms. The number of nitrogens with one attached hydrogen (secondary N) is 1. The highest BCUT2D eigenvalue weighted by molar-refractivity contribution is 5.88. The smallest absolute Gasteiger partial charge is 0.231 e. The van der Waals surface area contributed by atoms with E-state index in [1.807, 2.05) is 69.3 Å². The van der Waals surface area contributed by atoms with Crippen LogP contribution in [-0.4, -0.2) is 32.3 Å². The van der Waals surface area contributed by atoms with Gasteiger partial charge in [-0.15, -0.1) is 0 Å². The molecule has 1 atom stereocenters. The van der Waals surface area contributed by atoms with E-state index in [9.17, 15) is 4.79 Å². The zero-order valence-corrected chi connectivity index (χ0v) is 17.6. The number of hydrogen-bond donors (Lipinski definition) is 1. The van der Waals surface area contributed by atoms with Crippen LogP contribution in [-0.2, 0) is 14.9 Å². The van der Waals surface area contributed by atoms with Crippen molar-refractivity contribution in [2.24, 2.45) is 0 Å². The topological polar surface area (TPSA) is 56.8 Å². The lowest BCUT2D eigenvalue weighted by Gasteiger charge is -2.37. The summed E-state index contributed by atoms with van der Waals surface area (Å²) < 4.78 is 16.9. The fourth-order valence-corrected chi connectivity index (χ4v) is 3.88. The van der Waals surface area contributed by atoms with Crippen molar-refractivity contribution in [3.8, 4) is 11.5 Å². The van der Waals surface area contributed by atoms with Crippen molar-refractivity contribution in [2.45, 2.75) is 45.1 Å². The maximum absolute atomic E-state index is 13.5. The monoisotopic (exact) mass is 397 g/mol. The van der Waals surface area contributed by atoms with Gasteiger partial charge in [-0.05, 0) is 56.9 Å². The van der Waals surface area contributed by atoms with Crippen LogP contribution in [0.1, 0.15) is 50.8 Å². The van der Waals surface area contributed by atoms with Gasteiger partial charge in [0.15, 0.2) is 11.5 Å². The molecule has 0 spiro atoms. The third kappa shape index (κ3) is 4.73. The van der Waals surface area contributed by atoms with Crippen LogP contribution < -0.4 is 14.8 Å².